The molecule has 0 aromatic heterocycles. The number of nitrogens with one attached hydrogen (secondary N) is 1. The van der Waals surface area contributed by atoms with Crippen molar-refractivity contribution in [2.45, 2.75) is 31.2 Å². The lowest BCUT2D eigenvalue weighted by Crippen LogP contribution is -2.26. The maximum Gasteiger partial charge on any atom is 0.0640 e. The molecule has 0 bridgehead atoms. The summed E-state index contributed by atoms with van der Waals surface area (Å²) in [5.74, 6) is 0. The predicted octanol–water partition coefficient (Wildman–Crippen LogP) is 3.86. The van der Waals surface area contributed by atoms with Crippen LogP contribution >= 0.6 is 0 Å². The van der Waals surface area contributed by atoms with Crippen molar-refractivity contribution in [3.8, 4) is 6.07 Å². The van der Waals surface area contributed by atoms with Crippen LogP contribution in [0.15, 0.2) is 54.6 Å². The van der Waals surface area contributed by atoms with Gasteiger partial charge in [0.05, 0.1) is 12.5 Å². The molecule has 2 aromatic rings. The van der Waals surface area contributed by atoms with Gasteiger partial charge < -0.3 is 10.2 Å². The van der Waals surface area contributed by atoms with Gasteiger partial charge in [-0.2, -0.15) is 5.26 Å². The van der Waals surface area contributed by atoms with Gasteiger partial charge in [0.25, 0.3) is 0 Å². The molecule has 0 amide bonds. The Labute approximate surface area is 144 Å². The minimum absolute atomic E-state index is 0.360. The Bertz CT molecular complexity index is 681. The topological polar surface area (TPSA) is 39.1 Å². The normalized spacial score (nSPS) is 14.8. The third-order valence-corrected chi connectivity index (χ3v) is 4.97. The van der Waals surface area contributed by atoms with Crippen LogP contribution in [0.25, 0.3) is 0 Å². The Morgan fingerprint density at radius 1 is 1.08 bits per heavy atom. The molecule has 0 radical (unpaired) electrons. The standard InChI is InChI=1S/C21H25N3/c1-24(15-5-14-22)20-10-8-18(9-11-20)16-23-17-21(12-13-21)19-6-3-2-4-7-19/h2-4,6-11,23H,5,12-13,15-17H2,1H3. The van der Waals surface area contributed by atoms with Crippen LogP contribution in [0.3, 0.4) is 0 Å². The van der Waals surface area contributed by atoms with E-state index in [1.54, 1.807) is 0 Å². The SMILES string of the molecule is CN(CCC#N)c1ccc(CNCC2(c3ccccc3)CC2)cc1. The third kappa shape index (κ3) is 3.96. The molecule has 3 rings (SSSR count). The van der Waals surface area contributed by atoms with E-state index in [-0.39, 0.29) is 0 Å². The van der Waals surface area contributed by atoms with E-state index in [1.807, 2.05) is 7.05 Å². The van der Waals surface area contributed by atoms with Crippen molar-refractivity contribution in [1.82, 2.24) is 5.32 Å². The highest BCUT2D eigenvalue weighted by molar-refractivity contribution is 5.47. The van der Waals surface area contributed by atoms with E-state index in [4.69, 9.17) is 5.26 Å². The molecule has 1 aliphatic rings. The van der Waals surface area contributed by atoms with E-state index in [0.717, 1.165) is 25.3 Å². The zero-order valence-electron chi connectivity index (χ0n) is 14.3. The molecule has 0 unspecified atom stereocenters. The first-order valence-corrected chi connectivity index (χ1v) is 8.67. The van der Waals surface area contributed by atoms with Crippen molar-refractivity contribution >= 4 is 5.69 Å². The molecule has 0 spiro atoms. The first-order chi connectivity index (χ1) is 11.7. The summed E-state index contributed by atoms with van der Waals surface area (Å²) in [7, 11) is 2.03. The van der Waals surface area contributed by atoms with Crippen LogP contribution in [-0.2, 0) is 12.0 Å². The van der Waals surface area contributed by atoms with Crippen molar-refractivity contribution in [2.75, 3.05) is 25.0 Å². The lowest BCUT2D eigenvalue weighted by molar-refractivity contribution is 0.574. The quantitative estimate of drug-likeness (QED) is 0.803. The first kappa shape index (κ1) is 16.5. The zero-order chi connectivity index (χ0) is 16.8. The van der Waals surface area contributed by atoms with Crippen LogP contribution < -0.4 is 10.2 Å². The van der Waals surface area contributed by atoms with Crippen molar-refractivity contribution in [1.29, 1.82) is 5.26 Å². The molecule has 0 atom stereocenters. The zero-order valence-corrected chi connectivity index (χ0v) is 14.3. The van der Waals surface area contributed by atoms with Crippen molar-refractivity contribution in [3.05, 3.63) is 65.7 Å². The summed E-state index contributed by atoms with van der Waals surface area (Å²) >= 11 is 0. The first-order valence-electron chi connectivity index (χ1n) is 8.67. The molecule has 3 nitrogen and oxygen atoms in total. The van der Waals surface area contributed by atoms with Crippen LogP contribution in [-0.4, -0.2) is 20.1 Å². The Morgan fingerprint density at radius 3 is 2.42 bits per heavy atom. The average Bonchev–Trinajstić information content (AvgIpc) is 3.42. The maximum atomic E-state index is 8.67. The fraction of sp³-hybridized carbons (Fsp3) is 0.381. The van der Waals surface area contributed by atoms with Crippen LogP contribution in [0.2, 0.25) is 0 Å². The Hall–Kier alpha value is -2.31. The van der Waals surface area contributed by atoms with Gasteiger partial charge in [-0.05, 0) is 36.1 Å². The van der Waals surface area contributed by atoms with Gasteiger partial charge in [-0.1, -0.05) is 42.5 Å². The average molecular weight is 319 g/mol. The van der Waals surface area contributed by atoms with Crippen molar-refractivity contribution < 1.29 is 0 Å². The van der Waals surface area contributed by atoms with E-state index < -0.39 is 0 Å². The Kier molecular flexibility index (Phi) is 5.17. The van der Waals surface area contributed by atoms with E-state index >= 15 is 0 Å². The Morgan fingerprint density at radius 2 is 1.79 bits per heavy atom. The number of nitrogens with zero attached hydrogens (tertiary/aromatic N) is 2. The molecule has 0 aliphatic heterocycles. The summed E-state index contributed by atoms with van der Waals surface area (Å²) in [4.78, 5) is 2.12. The molecule has 1 fully saturated rings. The van der Waals surface area contributed by atoms with Gasteiger partial charge in [-0.3, -0.25) is 0 Å². The van der Waals surface area contributed by atoms with Crippen LogP contribution in [0.1, 0.15) is 30.4 Å². The van der Waals surface area contributed by atoms with E-state index in [9.17, 15) is 0 Å². The van der Waals surface area contributed by atoms with E-state index in [2.05, 4.69) is 70.9 Å². The molecular weight excluding hydrogens is 294 g/mol. The van der Waals surface area contributed by atoms with Crippen molar-refractivity contribution in [3.63, 3.8) is 0 Å². The second-order valence-electron chi connectivity index (χ2n) is 6.75. The van der Waals surface area contributed by atoms with Crippen LogP contribution in [0.5, 0.6) is 0 Å². The second-order valence-corrected chi connectivity index (χ2v) is 6.75. The summed E-state index contributed by atoms with van der Waals surface area (Å²) in [5, 5.41) is 12.3. The highest BCUT2D eigenvalue weighted by Gasteiger charge is 2.43. The monoisotopic (exact) mass is 319 g/mol. The second kappa shape index (κ2) is 7.51. The van der Waals surface area contributed by atoms with Crippen LogP contribution in [0, 0.1) is 11.3 Å². The molecular formula is C21H25N3. The number of nitriles is 1. The van der Waals surface area contributed by atoms with Gasteiger partial charge in [0, 0.05) is 37.8 Å². The summed E-state index contributed by atoms with van der Waals surface area (Å²) < 4.78 is 0. The third-order valence-electron chi connectivity index (χ3n) is 4.97. The highest BCUT2D eigenvalue weighted by atomic mass is 15.1. The van der Waals surface area contributed by atoms with Crippen molar-refractivity contribution in [2.24, 2.45) is 0 Å². The predicted molar refractivity (Wildman–Crippen MR) is 99.0 cm³/mol. The van der Waals surface area contributed by atoms with E-state index in [1.165, 1.54) is 24.0 Å². The maximum absolute atomic E-state index is 8.67. The summed E-state index contributed by atoms with van der Waals surface area (Å²) in [6, 6.07) is 21.7. The highest BCUT2D eigenvalue weighted by Crippen LogP contribution is 2.47. The summed E-state index contributed by atoms with van der Waals surface area (Å²) in [6.07, 6.45) is 3.13. The van der Waals surface area contributed by atoms with Gasteiger partial charge in [0.2, 0.25) is 0 Å². The largest absolute Gasteiger partial charge is 0.374 e. The van der Waals surface area contributed by atoms with Gasteiger partial charge in [0.1, 0.15) is 0 Å². The van der Waals surface area contributed by atoms with Gasteiger partial charge in [-0.15, -0.1) is 0 Å². The fourth-order valence-electron chi connectivity index (χ4n) is 3.17. The van der Waals surface area contributed by atoms with Gasteiger partial charge in [0.15, 0.2) is 0 Å². The van der Waals surface area contributed by atoms with Crippen LogP contribution in [0.4, 0.5) is 5.69 Å². The number of hydrogen-bond donors (Lipinski definition) is 1. The minimum atomic E-state index is 0.360. The molecule has 24 heavy (non-hydrogen) atoms. The van der Waals surface area contributed by atoms with Gasteiger partial charge in [-0.25, -0.2) is 0 Å². The summed E-state index contributed by atoms with van der Waals surface area (Å²) in [6.45, 7) is 2.71. The van der Waals surface area contributed by atoms with E-state index in [0.29, 0.717) is 11.8 Å². The minimum Gasteiger partial charge on any atom is -0.374 e. The lowest BCUT2D eigenvalue weighted by Gasteiger charge is -2.19. The molecule has 1 N–H and O–H groups in total. The number of hydrogen-bond acceptors (Lipinski definition) is 3. The number of benzene rings is 2. The molecule has 2 aromatic carbocycles. The Balaban J connectivity index is 1.50. The van der Waals surface area contributed by atoms with Gasteiger partial charge >= 0.3 is 0 Å². The summed E-state index contributed by atoms with van der Waals surface area (Å²) in [5.41, 5.74) is 4.29. The molecule has 1 saturated carbocycles. The number of rotatable bonds is 8. The molecule has 0 saturated heterocycles. The molecule has 3 heteroatoms. The number of anilines is 1. The molecule has 124 valence electrons. The molecule has 1 aliphatic carbocycles. The molecule has 0 heterocycles. The smallest absolute Gasteiger partial charge is 0.0640 e. The lowest BCUT2D eigenvalue weighted by atomic mass is 9.96. The fourth-order valence-corrected chi connectivity index (χ4v) is 3.17.